The van der Waals surface area contributed by atoms with Gasteiger partial charge in [0.25, 0.3) is 0 Å². The van der Waals surface area contributed by atoms with Crippen LogP contribution in [0.5, 0.6) is 11.5 Å². The maximum atomic E-state index is 5.29. The standard InChI is InChI=1S/C23H20N2O2/c1-26-19-11-7-17(8-12-19)21-5-3-6-22(23(21)25-16-4-15-24-25)18-9-13-20(27-2)14-10-18/h3-16H,1-2H3. The summed E-state index contributed by atoms with van der Waals surface area (Å²) in [5.74, 6) is 1.68. The minimum absolute atomic E-state index is 0.839. The van der Waals surface area contributed by atoms with Crippen LogP contribution in [0.15, 0.2) is 85.2 Å². The predicted octanol–water partition coefficient (Wildman–Crippen LogP) is 5.22. The molecule has 0 atom stereocenters. The largest absolute Gasteiger partial charge is 0.497 e. The van der Waals surface area contributed by atoms with Gasteiger partial charge in [-0.2, -0.15) is 5.10 Å². The molecule has 1 aromatic heterocycles. The van der Waals surface area contributed by atoms with Gasteiger partial charge in [0, 0.05) is 23.5 Å². The molecule has 1 heterocycles. The van der Waals surface area contributed by atoms with E-state index in [-0.39, 0.29) is 0 Å². The van der Waals surface area contributed by atoms with Gasteiger partial charge in [-0.05, 0) is 41.5 Å². The van der Waals surface area contributed by atoms with E-state index in [0.717, 1.165) is 39.4 Å². The zero-order valence-corrected chi connectivity index (χ0v) is 15.3. The van der Waals surface area contributed by atoms with Crippen LogP contribution in [0.1, 0.15) is 0 Å². The third kappa shape index (κ3) is 3.29. The van der Waals surface area contributed by atoms with Crippen molar-refractivity contribution in [3.63, 3.8) is 0 Å². The lowest BCUT2D eigenvalue weighted by Gasteiger charge is -2.16. The zero-order valence-electron chi connectivity index (χ0n) is 15.3. The third-order valence-electron chi connectivity index (χ3n) is 4.57. The monoisotopic (exact) mass is 356 g/mol. The van der Waals surface area contributed by atoms with Crippen molar-refractivity contribution in [3.8, 4) is 39.4 Å². The smallest absolute Gasteiger partial charge is 0.118 e. The normalized spacial score (nSPS) is 10.6. The maximum Gasteiger partial charge on any atom is 0.118 e. The highest BCUT2D eigenvalue weighted by atomic mass is 16.5. The molecular formula is C23H20N2O2. The highest BCUT2D eigenvalue weighted by Crippen LogP contribution is 2.36. The topological polar surface area (TPSA) is 36.3 Å². The highest BCUT2D eigenvalue weighted by Gasteiger charge is 2.14. The molecule has 0 saturated carbocycles. The van der Waals surface area contributed by atoms with Gasteiger partial charge in [0.15, 0.2) is 0 Å². The number of ether oxygens (including phenoxy) is 2. The van der Waals surface area contributed by atoms with Crippen molar-refractivity contribution < 1.29 is 9.47 Å². The van der Waals surface area contributed by atoms with Gasteiger partial charge >= 0.3 is 0 Å². The molecule has 0 amide bonds. The molecule has 3 aromatic carbocycles. The van der Waals surface area contributed by atoms with Crippen LogP contribution in [0.2, 0.25) is 0 Å². The number of para-hydroxylation sites is 1. The van der Waals surface area contributed by atoms with Crippen LogP contribution >= 0.6 is 0 Å². The van der Waals surface area contributed by atoms with E-state index in [9.17, 15) is 0 Å². The molecular weight excluding hydrogens is 336 g/mol. The molecule has 0 bridgehead atoms. The summed E-state index contributed by atoms with van der Waals surface area (Å²) in [5.41, 5.74) is 5.47. The van der Waals surface area contributed by atoms with Crippen LogP contribution in [-0.2, 0) is 0 Å². The Kier molecular flexibility index (Phi) is 4.62. The van der Waals surface area contributed by atoms with E-state index in [1.54, 1.807) is 20.4 Å². The quantitative estimate of drug-likeness (QED) is 0.492. The highest BCUT2D eigenvalue weighted by molar-refractivity contribution is 5.85. The van der Waals surface area contributed by atoms with Crippen molar-refractivity contribution in [2.75, 3.05) is 14.2 Å². The number of methoxy groups -OCH3 is 2. The van der Waals surface area contributed by atoms with Crippen LogP contribution in [-0.4, -0.2) is 24.0 Å². The second-order valence-corrected chi connectivity index (χ2v) is 6.11. The SMILES string of the molecule is COc1ccc(-c2cccc(-c3ccc(OC)cc3)c2-n2cccn2)cc1. The summed E-state index contributed by atoms with van der Waals surface area (Å²) < 4.78 is 12.5. The molecule has 0 aliphatic rings. The van der Waals surface area contributed by atoms with Crippen molar-refractivity contribution in [2.45, 2.75) is 0 Å². The Bertz CT molecular complexity index is 955. The summed E-state index contributed by atoms with van der Waals surface area (Å²) in [6, 6.07) is 24.4. The number of rotatable bonds is 5. The van der Waals surface area contributed by atoms with E-state index in [0.29, 0.717) is 0 Å². The van der Waals surface area contributed by atoms with E-state index < -0.39 is 0 Å². The van der Waals surface area contributed by atoms with E-state index in [1.165, 1.54) is 0 Å². The summed E-state index contributed by atoms with van der Waals surface area (Å²) >= 11 is 0. The first-order valence-corrected chi connectivity index (χ1v) is 8.72. The van der Waals surface area contributed by atoms with Gasteiger partial charge in [0.1, 0.15) is 11.5 Å². The lowest BCUT2D eigenvalue weighted by Crippen LogP contribution is -2.01. The van der Waals surface area contributed by atoms with Crippen molar-refractivity contribution in [1.82, 2.24) is 9.78 Å². The first-order valence-electron chi connectivity index (χ1n) is 8.72. The molecule has 4 aromatic rings. The van der Waals surface area contributed by atoms with E-state index in [2.05, 4.69) is 47.6 Å². The molecule has 0 unspecified atom stereocenters. The van der Waals surface area contributed by atoms with Crippen molar-refractivity contribution in [2.24, 2.45) is 0 Å². The molecule has 4 nitrogen and oxygen atoms in total. The molecule has 0 radical (unpaired) electrons. The molecule has 4 heteroatoms. The third-order valence-corrected chi connectivity index (χ3v) is 4.57. The zero-order chi connectivity index (χ0) is 18.6. The fourth-order valence-corrected chi connectivity index (χ4v) is 3.20. The molecule has 0 N–H and O–H groups in total. The van der Waals surface area contributed by atoms with Crippen LogP contribution in [0, 0.1) is 0 Å². The molecule has 134 valence electrons. The minimum atomic E-state index is 0.839. The molecule has 0 spiro atoms. The first-order chi connectivity index (χ1) is 13.3. The fourth-order valence-electron chi connectivity index (χ4n) is 3.20. The molecule has 0 aliphatic carbocycles. The van der Waals surface area contributed by atoms with E-state index in [4.69, 9.17) is 9.47 Å². The average molecular weight is 356 g/mol. The van der Waals surface area contributed by atoms with Gasteiger partial charge in [-0.1, -0.05) is 42.5 Å². The number of hydrogen-bond acceptors (Lipinski definition) is 3. The lowest BCUT2D eigenvalue weighted by molar-refractivity contribution is 0.415. The summed E-state index contributed by atoms with van der Waals surface area (Å²) in [6.45, 7) is 0. The van der Waals surface area contributed by atoms with Gasteiger partial charge in [-0.15, -0.1) is 0 Å². The Hall–Kier alpha value is -3.53. The van der Waals surface area contributed by atoms with E-state index in [1.807, 2.05) is 41.2 Å². The van der Waals surface area contributed by atoms with Crippen LogP contribution in [0.3, 0.4) is 0 Å². The Morgan fingerprint density at radius 2 is 1.19 bits per heavy atom. The number of nitrogens with zero attached hydrogens (tertiary/aromatic N) is 2. The van der Waals surface area contributed by atoms with Crippen molar-refractivity contribution in [3.05, 3.63) is 85.2 Å². The summed E-state index contributed by atoms with van der Waals surface area (Å²) in [7, 11) is 3.35. The second-order valence-electron chi connectivity index (χ2n) is 6.11. The lowest BCUT2D eigenvalue weighted by atomic mass is 9.96. The summed E-state index contributed by atoms with van der Waals surface area (Å²) in [4.78, 5) is 0. The Labute approximate surface area is 158 Å². The van der Waals surface area contributed by atoms with Gasteiger partial charge in [0.2, 0.25) is 0 Å². The molecule has 0 saturated heterocycles. The Morgan fingerprint density at radius 1 is 0.667 bits per heavy atom. The van der Waals surface area contributed by atoms with Crippen LogP contribution in [0.25, 0.3) is 27.9 Å². The summed E-state index contributed by atoms with van der Waals surface area (Å²) in [5, 5.41) is 4.49. The van der Waals surface area contributed by atoms with Gasteiger partial charge < -0.3 is 9.47 Å². The molecule has 27 heavy (non-hydrogen) atoms. The second kappa shape index (κ2) is 7.38. The molecule has 0 aliphatic heterocycles. The van der Waals surface area contributed by atoms with Gasteiger partial charge in [-0.3, -0.25) is 0 Å². The molecule has 0 fully saturated rings. The number of hydrogen-bond donors (Lipinski definition) is 0. The predicted molar refractivity (Wildman–Crippen MR) is 108 cm³/mol. The minimum Gasteiger partial charge on any atom is -0.497 e. The van der Waals surface area contributed by atoms with Crippen LogP contribution < -0.4 is 9.47 Å². The maximum absolute atomic E-state index is 5.29. The van der Waals surface area contributed by atoms with E-state index >= 15 is 0 Å². The van der Waals surface area contributed by atoms with Crippen molar-refractivity contribution in [1.29, 1.82) is 0 Å². The molecule has 4 rings (SSSR count). The Balaban J connectivity index is 1.91. The average Bonchev–Trinajstić information content (AvgIpc) is 3.28. The fraction of sp³-hybridized carbons (Fsp3) is 0.0870. The van der Waals surface area contributed by atoms with Crippen molar-refractivity contribution >= 4 is 0 Å². The first kappa shape index (κ1) is 16.9. The van der Waals surface area contributed by atoms with Crippen LogP contribution in [0.4, 0.5) is 0 Å². The van der Waals surface area contributed by atoms with Gasteiger partial charge in [-0.25, -0.2) is 4.68 Å². The van der Waals surface area contributed by atoms with Gasteiger partial charge in [0.05, 0.1) is 19.9 Å². The Morgan fingerprint density at radius 3 is 1.59 bits per heavy atom. The number of aromatic nitrogens is 2. The summed E-state index contributed by atoms with van der Waals surface area (Å²) in [6.07, 6.45) is 3.76. The number of benzene rings is 3.